The van der Waals surface area contributed by atoms with E-state index in [2.05, 4.69) is 0 Å². The van der Waals surface area contributed by atoms with Crippen molar-refractivity contribution < 1.29 is 9.84 Å². The standard InChI is InChI=1S/C12H13Cl2NO2/c13-9-7-11(14)10-1-2-15(12(10)8-9)3-5-17-6-4-16/h1-2,7-8,16H,3-6H2. The summed E-state index contributed by atoms with van der Waals surface area (Å²) in [6.45, 7) is 1.67. The molecule has 0 radical (unpaired) electrons. The van der Waals surface area contributed by atoms with Crippen molar-refractivity contribution in [2.45, 2.75) is 6.54 Å². The molecule has 0 saturated heterocycles. The third kappa shape index (κ3) is 2.93. The molecule has 2 aromatic rings. The van der Waals surface area contributed by atoms with Crippen molar-refractivity contribution in [1.29, 1.82) is 0 Å². The maximum atomic E-state index is 8.60. The fraction of sp³-hybridized carbons (Fsp3) is 0.333. The topological polar surface area (TPSA) is 34.4 Å². The Morgan fingerprint density at radius 2 is 2.06 bits per heavy atom. The summed E-state index contributed by atoms with van der Waals surface area (Å²) in [7, 11) is 0. The second kappa shape index (κ2) is 5.74. The Morgan fingerprint density at radius 3 is 2.82 bits per heavy atom. The summed E-state index contributed by atoms with van der Waals surface area (Å²) < 4.78 is 7.26. The minimum atomic E-state index is 0.0457. The second-order valence-corrected chi connectivity index (χ2v) is 4.51. The van der Waals surface area contributed by atoms with Gasteiger partial charge in [-0.1, -0.05) is 23.2 Å². The molecule has 3 nitrogen and oxygen atoms in total. The van der Waals surface area contributed by atoms with Crippen molar-refractivity contribution in [3.8, 4) is 0 Å². The number of rotatable bonds is 5. The summed E-state index contributed by atoms with van der Waals surface area (Å²) in [4.78, 5) is 0. The van der Waals surface area contributed by atoms with E-state index in [1.807, 2.05) is 22.9 Å². The maximum Gasteiger partial charge on any atom is 0.0698 e. The normalized spacial score (nSPS) is 11.2. The third-order valence-electron chi connectivity index (χ3n) is 2.52. The average Bonchev–Trinajstić information content (AvgIpc) is 2.68. The number of aromatic nitrogens is 1. The monoisotopic (exact) mass is 273 g/mol. The predicted molar refractivity (Wildman–Crippen MR) is 69.9 cm³/mol. The number of aliphatic hydroxyl groups excluding tert-OH is 1. The molecule has 0 bridgehead atoms. The molecule has 5 heteroatoms. The minimum absolute atomic E-state index is 0.0457. The van der Waals surface area contributed by atoms with Crippen LogP contribution in [0.4, 0.5) is 0 Å². The Bertz CT molecular complexity index is 510. The van der Waals surface area contributed by atoms with Gasteiger partial charge in [-0.15, -0.1) is 0 Å². The van der Waals surface area contributed by atoms with Crippen molar-refractivity contribution in [3.63, 3.8) is 0 Å². The lowest BCUT2D eigenvalue weighted by Gasteiger charge is -2.06. The van der Waals surface area contributed by atoms with Crippen LogP contribution in [0.15, 0.2) is 24.4 Å². The molecule has 0 saturated carbocycles. The van der Waals surface area contributed by atoms with Gasteiger partial charge in [0.2, 0.25) is 0 Å². The highest BCUT2D eigenvalue weighted by Crippen LogP contribution is 2.28. The van der Waals surface area contributed by atoms with Gasteiger partial charge < -0.3 is 14.4 Å². The van der Waals surface area contributed by atoms with Gasteiger partial charge in [-0.2, -0.15) is 0 Å². The molecule has 1 N–H and O–H groups in total. The number of ether oxygens (including phenoxy) is 1. The van der Waals surface area contributed by atoms with Crippen LogP contribution >= 0.6 is 23.2 Å². The largest absolute Gasteiger partial charge is 0.394 e. The number of hydrogen-bond acceptors (Lipinski definition) is 2. The molecule has 1 aromatic carbocycles. The van der Waals surface area contributed by atoms with Crippen LogP contribution in [0.5, 0.6) is 0 Å². The van der Waals surface area contributed by atoms with Gasteiger partial charge >= 0.3 is 0 Å². The van der Waals surface area contributed by atoms with Crippen LogP contribution < -0.4 is 0 Å². The van der Waals surface area contributed by atoms with Crippen molar-refractivity contribution in [2.75, 3.05) is 19.8 Å². The summed E-state index contributed by atoms with van der Waals surface area (Å²) in [5, 5.41) is 10.9. The van der Waals surface area contributed by atoms with Crippen LogP contribution in [0, 0.1) is 0 Å². The molecular weight excluding hydrogens is 261 g/mol. The van der Waals surface area contributed by atoms with E-state index in [0.29, 0.717) is 29.8 Å². The summed E-state index contributed by atoms with van der Waals surface area (Å²) in [6, 6.07) is 5.58. The van der Waals surface area contributed by atoms with E-state index in [1.54, 1.807) is 6.07 Å². The van der Waals surface area contributed by atoms with E-state index in [9.17, 15) is 0 Å². The number of halogens is 2. The Hall–Kier alpha value is -0.740. The molecule has 0 amide bonds. The summed E-state index contributed by atoms with van der Waals surface area (Å²) in [6.07, 6.45) is 1.95. The highest BCUT2D eigenvalue weighted by molar-refractivity contribution is 6.38. The quantitative estimate of drug-likeness (QED) is 0.850. The highest BCUT2D eigenvalue weighted by atomic mass is 35.5. The first kappa shape index (κ1) is 12.7. The van der Waals surface area contributed by atoms with Gasteiger partial charge in [-0.3, -0.25) is 0 Å². The summed E-state index contributed by atoms with van der Waals surface area (Å²) in [5.74, 6) is 0. The Balaban J connectivity index is 2.18. The summed E-state index contributed by atoms with van der Waals surface area (Å²) in [5.41, 5.74) is 0.995. The first-order chi connectivity index (χ1) is 8.22. The predicted octanol–water partition coefficient (Wildman–Crippen LogP) is 2.96. The van der Waals surface area contributed by atoms with E-state index in [4.69, 9.17) is 33.0 Å². The molecule has 2 rings (SSSR count). The smallest absolute Gasteiger partial charge is 0.0698 e. The maximum absolute atomic E-state index is 8.60. The molecular formula is C12H13Cl2NO2. The van der Waals surface area contributed by atoms with Gasteiger partial charge in [-0.25, -0.2) is 0 Å². The molecule has 92 valence electrons. The van der Waals surface area contributed by atoms with Crippen LogP contribution in [0.1, 0.15) is 0 Å². The lowest BCUT2D eigenvalue weighted by atomic mass is 10.2. The molecule has 1 aromatic heterocycles. The van der Waals surface area contributed by atoms with Crippen molar-refractivity contribution >= 4 is 34.1 Å². The molecule has 0 spiro atoms. The highest BCUT2D eigenvalue weighted by Gasteiger charge is 2.06. The van der Waals surface area contributed by atoms with Gasteiger partial charge in [-0.05, 0) is 18.2 Å². The van der Waals surface area contributed by atoms with E-state index in [0.717, 1.165) is 10.9 Å². The minimum Gasteiger partial charge on any atom is -0.394 e. The third-order valence-corrected chi connectivity index (χ3v) is 3.05. The van der Waals surface area contributed by atoms with Crippen LogP contribution in [-0.2, 0) is 11.3 Å². The van der Waals surface area contributed by atoms with Crippen molar-refractivity contribution in [3.05, 3.63) is 34.4 Å². The van der Waals surface area contributed by atoms with Gasteiger partial charge in [0.15, 0.2) is 0 Å². The van der Waals surface area contributed by atoms with E-state index in [-0.39, 0.29) is 6.61 Å². The zero-order chi connectivity index (χ0) is 12.3. The number of hydrogen-bond donors (Lipinski definition) is 1. The van der Waals surface area contributed by atoms with Gasteiger partial charge in [0.1, 0.15) is 0 Å². The second-order valence-electron chi connectivity index (χ2n) is 3.67. The lowest BCUT2D eigenvalue weighted by molar-refractivity contribution is 0.0875. The molecule has 1 heterocycles. The van der Waals surface area contributed by atoms with Crippen LogP contribution in [-0.4, -0.2) is 29.5 Å². The van der Waals surface area contributed by atoms with E-state index >= 15 is 0 Å². The van der Waals surface area contributed by atoms with E-state index in [1.165, 1.54) is 0 Å². The Morgan fingerprint density at radius 1 is 1.24 bits per heavy atom. The first-order valence-corrected chi connectivity index (χ1v) is 6.10. The molecule has 17 heavy (non-hydrogen) atoms. The first-order valence-electron chi connectivity index (χ1n) is 5.35. The van der Waals surface area contributed by atoms with Crippen LogP contribution in [0.3, 0.4) is 0 Å². The number of aliphatic hydroxyl groups is 1. The number of benzene rings is 1. The molecule has 0 aliphatic rings. The molecule has 0 atom stereocenters. The number of nitrogens with zero attached hydrogens (tertiary/aromatic N) is 1. The molecule has 0 unspecified atom stereocenters. The summed E-state index contributed by atoms with van der Waals surface area (Å²) >= 11 is 12.1. The van der Waals surface area contributed by atoms with Crippen LogP contribution in [0.25, 0.3) is 10.9 Å². The zero-order valence-corrected chi connectivity index (χ0v) is 10.7. The zero-order valence-electron chi connectivity index (χ0n) is 9.20. The Kier molecular flexibility index (Phi) is 4.29. The lowest BCUT2D eigenvalue weighted by Crippen LogP contribution is -2.07. The molecule has 0 fully saturated rings. The fourth-order valence-electron chi connectivity index (χ4n) is 1.74. The fourth-order valence-corrected chi connectivity index (χ4v) is 2.29. The Labute approximate surface area is 110 Å². The van der Waals surface area contributed by atoms with Gasteiger partial charge in [0, 0.05) is 23.2 Å². The van der Waals surface area contributed by atoms with Crippen molar-refractivity contribution in [2.24, 2.45) is 0 Å². The average molecular weight is 274 g/mol. The van der Waals surface area contributed by atoms with E-state index < -0.39 is 0 Å². The molecule has 0 aliphatic carbocycles. The van der Waals surface area contributed by atoms with Crippen LogP contribution in [0.2, 0.25) is 10.0 Å². The van der Waals surface area contributed by atoms with Gasteiger partial charge in [0.05, 0.1) is 30.4 Å². The SMILES string of the molecule is OCCOCCn1ccc2c(Cl)cc(Cl)cc21. The number of fused-ring (bicyclic) bond motifs is 1. The van der Waals surface area contributed by atoms with Gasteiger partial charge in [0.25, 0.3) is 0 Å². The van der Waals surface area contributed by atoms with Crippen molar-refractivity contribution in [1.82, 2.24) is 4.57 Å². The molecule has 0 aliphatic heterocycles.